The van der Waals surface area contributed by atoms with Crippen molar-refractivity contribution < 1.29 is 49.2 Å². The first-order chi connectivity index (χ1) is 13.9. The zero-order chi connectivity index (χ0) is 23.2. The summed E-state index contributed by atoms with van der Waals surface area (Å²) in [6.07, 6.45) is -0.816. The standard InChI is InChI=1S/2C10H12O5.Ca/c2*1-2-6(11)9-7(12)3-5(10(14)15)4-8(9)13;/h2*5,11H,2-4H2,1H3,(H,14,15);/q;;+2/p-2. The Balaban J connectivity index is 0.000000562. The van der Waals surface area contributed by atoms with Gasteiger partial charge in [-0.1, -0.05) is 13.8 Å². The Kier molecular flexibility index (Phi) is 11.9. The van der Waals surface area contributed by atoms with Crippen molar-refractivity contribution in [2.24, 2.45) is 11.8 Å². The first-order valence-corrected chi connectivity index (χ1v) is 9.33. The second kappa shape index (κ2) is 12.7. The van der Waals surface area contributed by atoms with Crippen LogP contribution in [-0.4, -0.2) is 83.0 Å². The van der Waals surface area contributed by atoms with Crippen LogP contribution in [0.5, 0.6) is 0 Å². The molecule has 0 unspecified atom stereocenters. The number of hydrogen-bond donors (Lipinski definition) is 2. The van der Waals surface area contributed by atoms with Crippen LogP contribution < -0.4 is 10.2 Å². The van der Waals surface area contributed by atoms with Crippen LogP contribution in [0.3, 0.4) is 0 Å². The van der Waals surface area contributed by atoms with Crippen molar-refractivity contribution in [3.8, 4) is 0 Å². The number of ketones is 4. The molecule has 2 fully saturated rings. The Labute approximate surface area is 208 Å². The van der Waals surface area contributed by atoms with Gasteiger partial charge >= 0.3 is 49.7 Å². The van der Waals surface area contributed by atoms with Crippen LogP contribution in [0.2, 0.25) is 0 Å². The monoisotopic (exact) mass is 462 g/mol. The smallest absolute Gasteiger partial charge is 0.875 e. The van der Waals surface area contributed by atoms with Gasteiger partial charge in [0.15, 0.2) is 23.1 Å². The molecule has 0 spiro atoms. The number of Topliss-reactive ketones (excluding diaryl/α,β-unsaturated/α-hetero) is 4. The number of carboxylic acid groups (broad SMARTS) is 2. The molecule has 0 aliphatic heterocycles. The molecule has 2 rings (SSSR count). The first-order valence-electron chi connectivity index (χ1n) is 9.33. The van der Waals surface area contributed by atoms with Crippen molar-refractivity contribution in [1.82, 2.24) is 0 Å². The minimum absolute atomic E-state index is 0. The maximum absolute atomic E-state index is 11.4. The van der Waals surface area contributed by atoms with Gasteiger partial charge in [-0.05, 0) is 12.8 Å². The summed E-state index contributed by atoms with van der Waals surface area (Å²) in [5, 5.41) is 39.8. The molecule has 0 amide bonds. The van der Waals surface area contributed by atoms with Crippen molar-refractivity contribution in [3.63, 3.8) is 0 Å². The Morgan fingerprint density at radius 3 is 1.10 bits per heavy atom. The molecule has 2 aliphatic carbocycles. The summed E-state index contributed by atoms with van der Waals surface area (Å²) >= 11 is 0. The van der Waals surface area contributed by atoms with E-state index in [1.807, 2.05) is 0 Å². The van der Waals surface area contributed by atoms with E-state index in [1.165, 1.54) is 0 Å². The minimum Gasteiger partial charge on any atom is -0.875 e. The summed E-state index contributed by atoms with van der Waals surface area (Å²) in [5.41, 5.74) is -0.648. The van der Waals surface area contributed by atoms with E-state index in [4.69, 9.17) is 10.2 Å². The Morgan fingerprint density at radius 1 is 0.710 bits per heavy atom. The zero-order valence-electron chi connectivity index (χ0n) is 17.3. The summed E-state index contributed by atoms with van der Waals surface area (Å²) < 4.78 is 0. The van der Waals surface area contributed by atoms with E-state index in [1.54, 1.807) is 13.8 Å². The maximum atomic E-state index is 11.4. The second-order valence-electron chi connectivity index (χ2n) is 6.88. The fourth-order valence-corrected chi connectivity index (χ4v) is 3.08. The fraction of sp³-hybridized carbons (Fsp3) is 0.500. The molecule has 0 atom stereocenters. The topological polar surface area (TPSA) is 189 Å². The van der Waals surface area contributed by atoms with Crippen LogP contribution >= 0.6 is 0 Å². The zero-order valence-corrected chi connectivity index (χ0v) is 19.5. The molecule has 0 radical (unpaired) electrons. The van der Waals surface area contributed by atoms with Gasteiger partial charge in [-0.25, -0.2) is 0 Å². The van der Waals surface area contributed by atoms with Crippen molar-refractivity contribution in [1.29, 1.82) is 0 Å². The average molecular weight is 462 g/mol. The number of allylic oxidation sites excluding steroid dienone is 4. The SMILES string of the molecule is CCC([O-])=C1C(=O)CC(C(=O)O)CC1=O.CCC([O-])=C1C(=O)CC(C(=O)O)CC1=O.[Ca+2]. The Morgan fingerprint density at radius 2 is 0.935 bits per heavy atom. The second-order valence-corrected chi connectivity index (χ2v) is 6.88. The Bertz CT molecular complexity index is 742. The molecule has 0 aromatic carbocycles. The number of carbonyl (C=O) groups excluding carboxylic acids is 4. The predicted octanol–water partition coefficient (Wildman–Crippen LogP) is -1.09. The number of aliphatic carboxylic acids is 2. The predicted molar refractivity (Wildman–Crippen MR) is 101 cm³/mol. The molecule has 10 nitrogen and oxygen atoms in total. The van der Waals surface area contributed by atoms with Crippen molar-refractivity contribution in [3.05, 3.63) is 22.7 Å². The van der Waals surface area contributed by atoms with Crippen LogP contribution in [0.4, 0.5) is 0 Å². The maximum Gasteiger partial charge on any atom is 2.00 e. The summed E-state index contributed by atoms with van der Waals surface area (Å²) in [7, 11) is 0. The third-order valence-electron chi connectivity index (χ3n) is 4.74. The van der Waals surface area contributed by atoms with Gasteiger partial charge in [0, 0.05) is 36.8 Å². The van der Waals surface area contributed by atoms with E-state index in [2.05, 4.69) is 0 Å². The summed E-state index contributed by atoms with van der Waals surface area (Å²) in [6.45, 7) is 3.11. The van der Waals surface area contributed by atoms with E-state index in [0.29, 0.717) is 0 Å². The molecule has 0 heterocycles. The van der Waals surface area contributed by atoms with Gasteiger partial charge in [0.2, 0.25) is 0 Å². The minimum atomic E-state index is -1.17. The molecular weight excluding hydrogens is 440 g/mol. The molecule has 0 saturated heterocycles. The van der Waals surface area contributed by atoms with Gasteiger partial charge in [0.25, 0.3) is 0 Å². The van der Waals surface area contributed by atoms with Gasteiger partial charge in [-0.3, -0.25) is 28.8 Å². The van der Waals surface area contributed by atoms with E-state index in [-0.39, 0.29) is 87.4 Å². The molecule has 0 aromatic rings. The van der Waals surface area contributed by atoms with Crippen molar-refractivity contribution >= 4 is 72.8 Å². The number of hydrogen-bond acceptors (Lipinski definition) is 8. The van der Waals surface area contributed by atoms with Gasteiger partial charge in [-0.15, -0.1) is 11.5 Å². The van der Waals surface area contributed by atoms with Crippen LogP contribution in [-0.2, 0) is 28.8 Å². The van der Waals surface area contributed by atoms with Crippen LogP contribution in [0, 0.1) is 11.8 Å². The quantitative estimate of drug-likeness (QED) is 0.225. The molecule has 11 heteroatoms. The van der Waals surface area contributed by atoms with Crippen molar-refractivity contribution in [2.45, 2.75) is 52.4 Å². The largest absolute Gasteiger partial charge is 2.00 e. The summed E-state index contributed by atoms with van der Waals surface area (Å²) in [4.78, 5) is 66.7. The molecular formula is C20H22CaO10. The summed E-state index contributed by atoms with van der Waals surface area (Å²) in [5.74, 6) is -7.80. The molecule has 2 saturated carbocycles. The normalized spacial score (nSPS) is 21.0. The average Bonchev–Trinajstić information content (AvgIpc) is 2.66. The van der Waals surface area contributed by atoms with E-state index < -0.39 is 58.4 Å². The summed E-state index contributed by atoms with van der Waals surface area (Å²) in [6, 6.07) is 0. The first kappa shape index (κ1) is 29.0. The van der Waals surface area contributed by atoms with Crippen LogP contribution in [0.15, 0.2) is 22.7 Å². The van der Waals surface area contributed by atoms with E-state index >= 15 is 0 Å². The van der Waals surface area contributed by atoms with Crippen molar-refractivity contribution in [2.75, 3.05) is 0 Å². The van der Waals surface area contributed by atoms with E-state index in [9.17, 15) is 39.0 Å². The van der Waals surface area contributed by atoms with Gasteiger partial charge < -0.3 is 20.4 Å². The number of carboxylic acids is 2. The van der Waals surface area contributed by atoms with Gasteiger partial charge in [0.1, 0.15) is 0 Å². The Hall–Kier alpha value is -2.04. The molecule has 0 bridgehead atoms. The van der Waals surface area contributed by atoms with Crippen LogP contribution in [0.1, 0.15) is 52.4 Å². The number of rotatable bonds is 4. The molecule has 31 heavy (non-hydrogen) atoms. The van der Waals surface area contributed by atoms with Crippen LogP contribution in [0.25, 0.3) is 0 Å². The fourth-order valence-electron chi connectivity index (χ4n) is 3.08. The molecule has 2 N–H and O–H groups in total. The van der Waals surface area contributed by atoms with E-state index in [0.717, 1.165) is 0 Å². The molecule has 164 valence electrons. The third kappa shape index (κ3) is 7.55. The van der Waals surface area contributed by atoms with Gasteiger partial charge in [-0.2, -0.15) is 0 Å². The van der Waals surface area contributed by atoms with Gasteiger partial charge in [0.05, 0.1) is 11.8 Å². The third-order valence-corrected chi connectivity index (χ3v) is 4.74. The molecule has 0 aromatic heterocycles. The number of carbonyl (C=O) groups is 6. The molecule has 2 aliphatic rings.